The lowest BCUT2D eigenvalue weighted by molar-refractivity contribution is 0.157. The second kappa shape index (κ2) is 5.74. The van der Waals surface area contributed by atoms with E-state index in [9.17, 15) is 12.8 Å². The number of benzene rings is 1. The summed E-state index contributed by atoms with van der Waals surface area (Å²) < 4.78 is 41.1. The summed E-state index contributed by atoms with van der Waals surface area (Å²) >= 11 is 5.72. The maximum atomic E-state index is 14.2. The molecule has 0 bridgehead atoms. The van der Waals surface area contributed by atoms with Crippen LogP contribution in [0.2, 0.25) is 5.02 Å². The van der Waals surface area contributed by atoms with Crippen LogP contribution in [0.4, 0.5) is 10.1 Å². The Bertz CT molecular complexity index is 651. The molecule has 3 unspecified atom stereocenters. The van der Waals surface area contributed by atoms with Crippen molar-refractivity contribution in [2.24, 2.45) is 11.8 Å². The van der Waals surface area contributed by atoms with Crippen LogP contribution in [0.1, 0.15) is 27.2 Å². The zero-order valence-corrected chi connectivity index (χ0v) is 13.9. The van der Waals surface area contributed by atoms with Gasteiger partial charge in [-0.15, -0.1) is 0 Å². The molecule has 1 aliphatic heterocycles. The van der Waals surface area contributed by atoms with Gasteiger partial charge in [0.25, 0.3) is 0 Å². The monoisotopic (exact) mass is 334 g/mol. The minimum absolute atomic E-state index is 0.130. The first-order chi connectivity index (χ1) is 9.64. The molecule has 1 aromatic carbocycles. The molecule has 0 spiro atoms. The molecule has 7 heteroatoms. The van der Waals surface area contributed by atoms with Crippen LogP contribution in [-0.2, 0) is 10.0 Å². The molecule has 1 saturated heterocycles. The number of piperidine rings is 1. The van der Waals surface area contributed by atoms with Gasteiger partial charge in [-0.3, -0.25) is 0 Å². The van der Waals surface area contributed by atoms with Crippen molar-refractivity contribution in [3.8, 4) is 0 Å². The first-order valence-electron chi connectivity index (χ1n) is 6.91. The van der Waals surface area contributed by atoms with Gasteiger partial charge >= 0.3 is 0 Å². The molecule has 1 fully saturated rings. The molecule has 2 N–H and O–H groups in total. The second-order valence-corrected chi connectivity index (χ2v) is 8.21. The average Bonchev–Trinajstić information content (AvgIpc) is 2.37. The quantitative estimate of drug-likeness (QED) is 0.845. The number of nitrogens with zero attached hydrogens (tertiary/aromatic N) is 1. The van der Waals surface area contributed by atoms with Gasteiger partial charge in [0.2, 0.25) is 10.0 Å². The van der Waals surface area contributed by atoms with Crippen LogP contribution in [0.5, 0.6) is 0 Å². The maximum Gasteiger partial charge on any atom is 0.246 e. The highest BCUT2D eigenvalue weighted by atomic mass is 35.5. The molecule has 21 heavy (non-hydrogen) atoms. The maximum absolute atomic E-state index is 14.2. The van der Waals surface area contributed by atoms with Crippen molar-refractivity contribution >= 4 is 27.3 Å². The van der Waals surface area contributed by atoms with E-state index in [2.05, 4.69) is 0 Å². The van der Waals surface area contributed by atoms with Crippen LogP contribution in [0.15, 0.2) is 17.0 Å². The SMILES string of the molecule is CC1CC(C)C(C)N(S(=O)(=O)c2cc(N)cc(Cl)c2F)C1. The lowest BCUT2D eigenvalue weighted by Crippen LogP contribution is -2.48. The van der Waals surface area contributed by atoms with Crippen LogP contribution in [-0.4, -0.2) is 25.3 Å². The van der Waals surface area contributed by atoms with Crippen molar-refractivity contribution < 1.29 is 12.8 Å². The van der Waals surface area contributed by atoms with Crippen LogP contribution in [0, 0.1) is 17.7 Å². The lowest BCUT2D eigenvalue weighted by atomic mass is 9.88. The number of hydrogen-bond donors (Lipinski definition) is 1. The van der Waals surface area contributed by atoms with E-state index >= 15 is 0 Å². The van der Waals surface area contributed by atoms with E-state index in [1.165, 1.54) is 10.4 Å². The third-order valence-corrected chi connectivity index (χ3v) is 6.37. The van der Waals surface area contributed by atoms with E-state index in [1.807, 2.05) is 20.8 Å². The number of hydrogen-bond acceptors (Lipinski definition) is 3. The summed E-state index contributed by atoms with van der Waals surface area (Å²) in [7, 11) is -3.96. The Morgan fingerprint density at radius 1 is 1.33 bits per heavy atom. The van der Waals surface area contributed by atoms with Crippen molar-refractivity contribution in [2.45, 2.75) is 38.1 Å². The zero-order chi connectivity index (χ0) is 15.9. The van der Waals surface area contributed by atoms with E-state index in [4.69, 9.17) is 17.3 Å². The molecule has 0 aromatic heterocycles. The summed E-state index contributed by atoms with van der Waals surface area (Å²) in [4.78, 5) is -0.444. The number of anilines is 1. The fourth-order valence-corrected chi connectivity index (χ4v) is 5.13. The first-order valence-corrected chi connectivity index (χ1v) is 8.72. The summed E-state index contributed by atoms with van der Waals surface area (Å²) in [5, 5.41) is -0.278. The molecule has 1 aliphatic rings. The highest BCUT2D eigenvalue weighted by Crippen LogP contribution is 2.34. The number of nitrogens with two attached hydrogens (primary N) is 1. The molecule has 3 atom stereocenters. The third kappa shape index (κ3) is 3.03. The molecular weight excluding hydrogens is 315 g/mol. The van der Waals surface area contributed by atoms with Crippen molar-refractivity contribution in [3.63, 3.8) is 0 Å². The molecule has 118 valence electrons. The fraction of sp³-hybridized carbons (Fsp3) is 0.571. The summed E-state index contributed by atoms with van der Waals surface area (Å²) in [6, 6.07) is 2.15. The highest BCUT2D eigenvalue weighted by Gasteiger charge is 2.38. The van der Waals surface area contributed by atoms with Gasteiger partial charge in [-0.2, -0.15) is 4.31 Å². The molecular formula is C14H20ClFN2O2S. The van der Waals surface area contributed by atoms with Crippen LogP contribution in [0.3, 0.4) is 0 Å². The van der Waals surface area contributed by atoms with Crippen molar-refractivity contribution in [1.29, 1.82) is 0 Å². The Morgan fingerprint density at radius 3 is 2.57 bits per heavy atom. The van der Waals surface area contributed by atoms with E-state index in [-0.39, 0.29) is 28.6 Å². The number of nitrogen functional groups attached to an aromatic ring is 1. The minimum Gasteiger partial charge on any atom is -0.399 e. The van der Waals surface area contributed by atoms with Crippen LogP contribution >= 0.6 is 11.6 Å². The van der Waals surface area contributed by atoms with Gasteiger partial charge in [-0.25, -0.2) is 12.8 Å². The van der Waals surface area contributed by atoms with Gasteiger partial charge in [-0.05, 0) is 37.3 Å². The zero-order valence-electron chi connectivity index (χ0n) is 12.3. The molecule has 0 radical (unpaired) electrons. The molecule has 1 aromatic rings. The van der Waals surface area contributed by atoms with Crippen molar-refractivity contribution in [2.75, 3.05) is 12.3 Å². The topological polar surface area (TPSA) is 63.4 Å². The summed E-state index contributed by atoms with van der Waals surface area (Å²) in [6.07, 6.45) is 0.952. The van der Waals surface area contributed by atoms with Crippen LogP contribution < -0.4 is 5.73 Å². The van der Waals surface area contributed by atoms with Gasteiger partial charge in [0.1, 0.15) is 4.90 Å². The normalized spacial score (nSPS) is 27.8. The Balaban J connectivity index is 2.51. The number of rotatable bonds is 2. The van der Waals surface area contributed by atoms with E-state index < -0.39 is 20.7 Å². The third-order valence-electron chi connectivity index (χ3n) is 4.15. The standard InChI is InChI=1S/C14H20ClFN2O2S/c1-8-4-9(2)10(3)18(7-8)21(19,20)13-6-11(17)5-12(15)14(13)16/h5-6,8-10H,4,7,17H2,1-3H3. The van der Waals surface area contributed by atoms with E-state index in [0.717, 1.165) is 12.5 Å². The van der Waals surface area contributed by atoms with E-state index in [1.54, 1.807) is 0 Å². The van der Waals surface area contributed by atoms with Gasteiger partial charge in [-0.1, -0.05) is 25.4 Å². The summed E-state index contributed by atoms with van der Waals surface area (Å²) in [5.41, 5.74) is 5.74. The minimum atomic E-state index is -3.96. The first kappa shape index (κ1) is 16.5. The average molecular weight is 335 g/mol. The Morgan fingerprint density at radius 2 is 1.95 bits per heavy atom. The van der Waals surface area contributed by atoms with Gasteiger partial charge in [0.15, 0.2) is 5.82 Å². The molecule has 0 amide bonds. The Labute approximate surface area is 130 Å². The lowest BCUT2D eigenvalue weighted by Gasteiger charge is -2.40. The number of halogens is 2. The predicted octanol–water partition coefficient (Wildman–Crippen LogP) is 3.12. The smallest absolute Gasteiger partial charge is 0.246 e. The fourth-order valence-electron chi connectivity index (χ4n) is 2.88. The molecule has 4 nitrogen and oxygen atoms in total. The summed E-state index contributed by atoms with van der Waals surface area (Å²) in [6.45, 7) is 6.22. The second-order valence-electron chi connectivity index (χ2n) is 5.95. The van der Waals surface area contributed by atoms with Gasteiger partial charge in [0, 0.05) is 18.3 Å². The molecule has 0 aliphatic carbocycles. The largest absolute Gasteiger partial charge is 0.399 e. The molecule has 2 rings (SSSR count). The number of sulfonamides is 1. The predicted molar refractivity (Wildman–Crippen MR) is 82.1 cm³/mol. The van der Waals surface area contributed by atoms with Crippen molar-refractivity contribution in [3.05, 3.63) is 23.0 Å². The molecule has 1 heterocycles. The molecule has 0 saturated carbocycles. The summed E-state index contributed by atoms with van der Waals surface area (Å²) in [5.74, 6) is -0.502. The van der Waals surface area contributed by atoms with Gasteiger partial charge in [0.05, 0.1) is 5.02 Å². The Hall–Kier alpha value is -0.850. The van der Waals surface area contributed by atoms with Crippen molar-refractivity contribution in [1.82, 2.24) is 4.31 Å². The Kier molecular flexibility index (Phi) is 4.52. The van der Waals surface area contributed by atoms with E-state index in [0.29, 0.717) is 6.54 Å². The van der Waals surface area contributed by atoms with Crippen LogP contribution in [0.25, 0.3) is 0 Å². The van der Waals surface area contributed by atoms with Gasteiger partial charge < -0.3 is 5.73 Å². The highest BCUT2D eigenvalue weighted by molar-refractivity contribution is 7.89.